The summed E-state index contributed by atoms with van der Waals surface area (Å²) in [6.07, 6.45) is 0.676. The smallest absolute Gasteiger partial charge is 0.301 e. The fourth-order valence-corrected chi connectivity index (χ4v) is 5.97. The van der Waals surface area contributed by atoms with Crippen LogP contribution in [-0.2, 0) is 16.0 Å². The number of thiazole rings is 1. The minimum absolute atomic E-state index is 0.00901. The normalized spacial score (nSPS) is 20.7. The number of ketones is 1. The number of hydrogen-bond donors (Lipinski definition) is 1. The van der Waals surface area contributed by atoms with Crippen molar-refractivity contribution in [3.63, 3.8) is 0 Å². The third kappa shape index (κ3) is 3.65. The zero-order valence-electron chi connectivity index (χ0n) is 18.9. The van der Waals surface area contributed by atoms with Crippen molar-refractivity contribution >= 4 is 55.7 Å². The lowest BCUT2D eigenvalue weighted by Crippen LogP contribution is -2.29. The number of ether oxygens (including phenoxy) is 1. The van der Waals surface area contributed by atoms with Crippen LogP contribution >= 0.6 is 22.9 Å². The van der Waals surface area contributed by atoms with Crippen LogP contribution in [0.2, 0.25) is 5.02 Å². The number of aromatic nitrogens is 1. The lowest BCUT2D eigenvalue weighted by molar-refractivity contribution is -0.132. The molecular weight excluding hydrogens is 503 g/mol. The topological polar surface area (TPSA) is 79.7 Å². The fourth-order valence-electron chi connectivity index (χ4n) is 4.70. The first-order valence-electron chi connectivity index (χ1n) is 11.2. The molecule has 1 aromatic heterocycles. The van der Waals surface area contributed by atoms with Crippen LogP contribution in [0.3, 0.4) is 0 Å². The second kappa shape index (κ2) is 8.43. The summed E-state index contributed by atoms with van der Waals surface area (Å²) in [6, 6.07) is 14.8. The summed E-state index contributed by atoms with van der Waals surface area (Å²) in [5.74, 6) is -1.71. The van der Waals surface area contributed by atoms with E-state index in [4.69, 9.17) is 16.3 Å². The van der Waals surface area contributed by atoms with Gasteiger partial charge in [-0.25, -0.2) is 9.37 Å². The quantitative estimate of drug-likeness (QED) is 0.202. The van der Waals surface area contributed by atoms with Crippen molar-refractivity contribution in [3.05, 3.63) is 93.8 Å². The van der Waals surface area contributed by atoms with Gasteiger partial charge >= 0.3 is 5.91 Å². The van der Waals surface area contributed by atoms with Crippen LogP contribution < -0.4 is 9.64 Å². The van der Waals surface area contributed by atoms with E-state index in [2.05, 4.69) is 4.98 Å². The van der Waals surface area contributed by atoms with Crippen LogP contribution in [0.1, 0.15) is 29.7 Å². The summed E-state index contributed by atoms with van der Waals surface area (Å²) in [5, 5.41) is 12.2. The number of anilines is 1. The Balaban J connectivity index is 1.53. The van der Waals surface area contributed by atoms with Gasteiger partial charge in [-0.05, 0) is 66.6 Å². The number of Topliss-reactive ketones (excluding diaryl/α,β-unsaturated/α-hetero) is 1. The molecule has 180 valence electrons. The first kappa shape index (κ1) is 22.7. The highest BCUT2D eigenvalue weighted by Gasteiger charge is 2.48. The Bertz CT molecular complexity index is 1600. The van der Waals surface area contributed by atoms with Crippen molar-refractivity contribution in [3.8, 4) is 5.75 Å². The Morgan fingerprint density at radius 3 is 2.69 bits per heavy atom. The van der Waals surface area contributed by atoms with Crippen LogP contribution in [0.4, 0.5) is 9.52 Å². The van der Waals surface area contributed by atoms with Gasteiger partial charge in [0.2, 0.25) is 0 Å². The molecule has 6 rings (SSSR count). The summed E-state index contributed by atoms with van der Waals surface area (Å²) in [5.41, 5.74) is 2.30. The predicted molar refractivity (Wildman–Crippen MR) is 136 cm³/mol. The number of aliphatic hydroxyl groups excluding tert-OH is 1. The Kier molecular flexibility index (Phi) is 5.31. The minimum Gasteiger partial charge on any atom is -0.507 e. The maximum Gasteiger partial charge on any atom is 0.301 e. The summed E-state index contributed by atoms with van der Waals surface area (Å²) in [6.45, 7) is 1.95. The van der Waals surface area contributed by atoms with Crippen molar-refractivity contribution in [2.24, 2.45) is 0 Å². The van der Waals surface area contributed by atoms with Crippen LogP contribution in [0.15, 0.2) is 66.2 Å². The average Bonchev–Trinajstić information content (AvgIpc) is 3.51. The van der Waals surface area contributed by atoms with Gasteiger partial charge in [-0.3, -0.25) is 14.5 Å². The van der Waals surface area contributed by atoms with Gasteiger partial charge in [-0.1, -0.05) is 35.1 Å². The fraction of sp³-hybridized carbons (Fsp3) is 0.148. The molecule has 3 aromatic carbocycles. The van der Waals surface area contributed by atoms with E-state index in [0.717, 1.165) is 16.0 Å². The highest BCUT2D eigenvalue weighted by molar-refractivity contribution is 7.22. The van der Waals surface area contributed by atoms with E-state index < -0.39 is 23.5 Å². The number of hydrogen-bond acceptors (Lipinski definition) is 6. The van der Waals surface area contributed by atoms with Crippen molar-refractivity contribution in [2.75, 3.05) is 4.90 Å². The molecule has 2 aliphatic heterocycles. The lowest BCUT2D eigenvalue weighted by Gasteiger charge is -2.23. The van der Waals surface area contributed by atoms with E-state index in [1.807, 2.05) is 6.92 Å². The summed E-state index contributed by atoms with van der Waals surface area (Å²) in [4.78, 5) is 32.5. The molecule has 2 aliphatic rings. The van der Waals surface area contributed by atoms with Crippen LogP contribution in [-0.4, -0.2) is 27.9 Å². The molecular formula is C27H18ClFN2O4S. The Morgan fingerprint density at radius 2 is 1.92 bits per heavy atom. The Morgan fingerprint density at radius 1 is 1.14 bits per heavy atom. The molecule has 0 unspecified atom stereocenters. The first-order valence-corrected chi connectivity index (χ1v) is 12.4. The van der Waals surface area contributed by atoms with Gasteiger partial charge in [0.05, 0.1) is 21.8 Å². The second-order valence-electron chi connectivity index (χ2n) is 8.78. The molecule has 6 nitrogen and oxygen atoms in total. The number of aliphatic hydroxyl groups is 1. The zero-order chi connectivity index (χ0) is 25.1. The van der Waals surface area contributed by atoms with E-state index >= 15 is 0 Å². The van der Waals surface area contributed by atoms with Gasteiger partial charge in [-0.15, -0.1) is 0 Å². The van der Waals surface area contributed by atoms with Crippen molar-refractivity contribution < 1.29 is 23.8 Å². The van der Waals surface area contributed by atoms with Gasteiger partial charge in [0.15, 0.2) is 5.13 Å². The average molecular weight is 521 g/mol. The third-order valence-corrected chi connectivity index (χ3v) is 7.60. The van der Waals surface area contributed by atoms with E-state index in [1.165, 1.54) is 40.5 Å². The highest BCUT2D eigenvalue weighted by Crippen LogP contribution is 2.45. The van der Waals surface area contributed by atoms with Crippen molar-refractivity contribution in [1.82, 2.24) is 4.98 Å². The molecule has 1 fully saturated rings. The van der Waals surface area contributed by atoms with Gasteiger partial charge in [-0.2, -0.15) is 0 Å². The number of benzene rings is 3. The largest absolute Gasteiger partial charge is 0.507 e. The Hall–Kier alpha value is -3.75. The monoisotopic (exact) mass is 520 g/mol. The summed E-state index contributed by atoms with van der Waals surface area (Å²) >= 11 is 7.32. The molecule has 3 heterocycles. The number of amides is 1. The SMILES string of the molecule is C[C@@H]1Cc2cc(/C(O)=C3\C(=O)C(=O)N(c4nc5ccc(Cl)cc5s4)[C@H]3c3ccc(F)cc3)ccc2O1. The summed E-state index contributed by atoms with van der Waals surface area (Å²) < 4.78 is 20.2. The maximum atomic E-state index is 13.8. The van der Waals surface area contributed by atoms with Crippen LogP contribution in [0.25, 0.3) is 16.0 Å². The third-order valence-electron chi connectivity index (χ3n) is 6.34. The van der Waals surface area contributed by atoms with Crippen molar-refractivity contribution in [2.45, 2.75) is 25.5 Å². The molecule has 0 saturated carbocycles. The molecule has 1 N–H and O–H groups in total. The maximum absolute atomic E-state index is 13.8. The molecule has 9 heteroatoms. The van der Waals surface area contributed by atoms with Crippen molar-refractivity contribution in [1.29, 1.82) is 0 Å². The van der Waals surface area contributed by atoms with E-state index in [-0.39, 0.29) is 22.6 Å². The Labute approximate surface area is 214 Å². The molecule has 0 spiro atoms. The van der Waals surface area contributed by atoms with Gasteiger partial charge in [0.1, 0.15) is 23.4 Å². The number of rotatable bonds is 3. The van der Waals surface area contributed by atoms with Gasteiger partial charge in [0.25, 0.3) is 5.78 Å². The molecule has 36 heavy (non-hydrogen) atoms. The molecule has 0 radical (unpaired) electrons. The molecule has 1 amide bonds. The zero-order valence-corrected chi connectivity index (χ0v) is 20.4. The second-order valence-corrected chi connectivity index (χ2v) is 10.2. The number of fused-ring (bicyclic) bond motifs is 2. The molecule has 2 atom stereocenters. The predicted octanol–water partition coefficient (Wildman–Crippen LogP) is 6.04. The number of carbonyl (C=O) groups is 2. The number of halogens is 2. The summed E-state index contributed by atoms with van der Waals surface area (Å²) in [7, 11) is 0. The minimum atomic E-state index is -0.995. The van der Waals surface area contributed by atoms with E-state index in [1.54, 1.807) is 36.4 Å². The molecule has 0 aliphatic carbocycles. The van der Waals surface area contributed by atoms with Crippen LogP contribution in [0, 0.1) is 5.82 Å². The van der Waals surface area contributed by atoms with Gasteiger partial charge < -0.3 is 9.84 Å². The van der Waals surface area contributed by atoms with E-state index in [0.29, 0.717) is 28.1 Å². The highest BCUT2D eigenvalue weighted by atomic mass is 35.5. The van der Waals surface area contributed by atoms with E-state index in [9.17, 15) is 19.1 Å². The molecule has 4 aromatic rings. The molecule has 1 saturated heterocycles. The number of carbonyl (C=O) groups excluding carboxylic acids is 2. The molecule has 0 bridgehead atoms. The lowest BCUT2D eigenvalue weighted by atomic mass is 9.94. The first-order chi connectivity index (χ1) is 17.3. The van der Waals surface area contributed by atoms with Crippen LogP contribution in [0.5, 0.6) is 5.75 Å². The van der Waals surface area contributed by atoms with Gasteiger partial charge in [0, 0.05) is 17.0 Å². The standard InChI is InChI=1S/C27H18ClFN2O4S/c1-13-10-16-11-15(4-9-20(16)35-13)24(32)22-23(14-2-6-18(29)7-3-14)31(26(34)25(22)33)27-30-19-8-5-17(28)12-21(19)36-27/h2-9,11-13,23,32H,10H2,1H3/b24-22+/t13-,23+/m1/s1. The number of nitrogens with zero attached hydrogens (tertiary/aromatic N) is 2.